The average molecular weight is 216 g/mol. The zero-order valence-electron chi connectivity index (χ0n) is 8.40. The van der Waals surface area contributed by atoms with E-state index in [0.717, 1.165) is 11.4 Å². The summed E-state index contributed by atoms with van der Waals surface area (Å²) in [4.78, 5) is 0. The molecule has 0 N–H and O–H groups in total. The number of halogens is 1. The molecule has 78 valence electrons. The van der Waals surface area contributed by atoms with Crippen LogP contribution in [0.1, 0.15) is 43.3 Å². The molecule has 2 rings (SSSR count). The zero-order chi connectivity index (χ0) is 10.1. The van der Waals surface area contributed by atoms with Crippen molar-refractivity contribution >= 4 is 11.6 Å². The van der Waals surface area contributed by atoms with Gasteiger partial charge in [-0.1, -0.05) is 5.21 Å². The second-order valence-electron chi connectivity index (χ2n) is 3.61. The molecule has 0 saturated heterocycles. The van der Waals surface area contributed by atoms with Crippen molar-refractivity contribution in [1.82, 2.24) is 15.0 Å². The van der Waals surface area contributed by atoms with Gasteiger partial charge in [0, 0.05) is 7.11 Å². The summed E-state index contributed by atoms with van der Waals surface area (Å²) < 4.78 is 7.26. The van der Waals surface area contributed by atoms with E-state index in [1.807, 2.05) is 11.6 Å². The number of hydrogen-bond donors (Lipinski definition) is 0. The zero-order valence-corrected chi connectivity index (χ0v) is 9.16. The van der Waals surface area contributed by atoms with Crippen LogP contribution >= 0.6 is 11.6 Å². The van der Waals surface area contributed by atoms with Crippen molar-refractivity contribution in [2.45, 2.75) is 37.8 Å². The van der Waals surface area contributed by atoms with Gasteiger partial charge in [0.15, 0.2) is 0 Å². The van der Waals surface area contributed by atoms with Gasteiger partial charge in [0.25, 0.3) is 0 Å². The fourth-order valence-corrected chi connectivity index (χ4v) is 1.74. The summed E-state index contributed by atoms with van der Waals surface area (Å²) in [5.74, 6) is 0.399. The second kappa shape index (κ2) is 3.87. The summed E-state index contributed by atoms with van der Waals surface area (Å²) in [6.07, 6.45) is 2.39. The van der Waals surface area contributed by atoms with Crippen molar-refractivity contribution in [3.63, 3.8) is 0 Å². The number of alkyl halides is 1. The van der Waals surface area contributed by atoms with Crippen LogP contribution in [0.15, 0.2) is 0 Å². The van der Waals surface area contributed by atoms with E-state index < -0.39 is 0 Å². The highest BCUT2D eigenvalue weighted by atomic mass is 35.5. The Bertz CT molecular complexity index is 322. The molecule has 1 aromatic rings. The van der Waals surface area contributed by atoms with Gasteiger partial charge in [-0.25, -0.2) is 4.68 Å². The van der Waals surface area contributed by atoms with Gasteiger partial charge in [-0.15, -0.1) is 16.7 Å². The Morgan fingerprint density at radius 2 is 2.36 bits per heavy atom. The molecule has 0 aromatic carbocycles. The molecule has 14 heavy (non-hydrogen) atoms. The number of rotatable bonds is 4. The van der Waals surface area contributed by atoms with Gasteiger partial charge in [0.05, 0.1) is 23.7 Å². The summed E-state index contributed by atoms with van der Waals surface area (Å²) >= 11 is 5.80. The van der Waals surface area contributed by atoms with Crippen LogP contribution in [-0.2, 0) is 10.6 Å². The van der Waals surface area contributed by atoms with Crippen molar-refractivity contribution < 1.29 is 4.74 Å². The lowest BCUT2D eigenvalue weighted by Crippen LogP contribution is -2.08. The molecular formula is C9H14ClN3O. The van der Waals surface area contributed by atoms with Crippen molar-refractivity contribution in [1.29, 1.82) is 0 Å². The molecule has 1 aliphatic rings. The topological polar surface area (TPSA) is 39.9 Å². The molecule has 1 unspecified atom stereocenters. The highest BCUT2D eigenvalue weighted by Crippen LogP contribution is 2.37. The van der Waals surface area contributed by atoms with Crippen LogP contribution in [-0.4, -0.2) is 22.1 Å². The van der Waals surface area contributed by atoms with E-state index in [0.29, 0.717) is 11.9 Å². The minimum absolute atomic E-state index is 0.0133. The molecule has 1 fully saturated rings. The summed E-state index contributed by atoms with van der Waals surface area (Å²) in [7, 11) is 1.69. The molecule has 1 saturated carbocycles. The molecule has 0 aliphatic heterocycles. The van der Waals surface area contributed by atoms with Crippen LogP contribution in [0.25, 0.3) is 0 Å². The molecule has 0 bridgehead atoms. The van der Waals surface area contributed by atoms with E-state index in [-0.39, 0.29) is 6.10 Å². The third-order valence-corrected chi connectivity index (χ3v) is 2.82. The van der Waals surface area contributed by atoms with Crippen LogP contribution in [0.3, 0.4) is 0 Å². The fraction of sp³-hybridized carbons (Fsp3) is 0.778. The number of methoxy groups -OCH3 is 1. The summed E-state index contributed by atoms with van der Waals surface area (Å²) in [6, 6.07) is 0.520. The van der Waals surface area contributed by atoms with E-state index in [4.69, 9.17) is 16.3 Å². The number of aromatic nitrogens is 3. The highest BCUT2D eigenvalue weighted by Gasteiger charge is 2.30. The maximum Gasteiger partial charge on any atom is 0.103 e. The molecule has 5 heteroatoms. The van der Waals surface area contributed by atoms with E-state index >= 15 is 0 Å². The van der Waals surface area contributed by atoms with Gasteiger partial charge >= 0.3 is 0 Å². The third kappa shape index (κ3) is 1.64. The van der Waals surface area contributed by atoms with Gasteiger partial charge in [-0.05, 0) is 19.8 Å². The minimum atomic E-state index is 0.0133. The predicted molar refractivity (Wildman–Crippen MR) is 53.3 cm³/mol. The monoisotopic (exact) mass is 215 g/mol. The Morgan fingerprint density at radius 3 is 2.86 bits per heavy atom. The van der Waals surface area contributed by atoms with Crippen LogP contribution in [0.2, 0.25) is 0 Å². The highest BCUT2D eigenvalue weighted by molar-refractivity contribution is 6.16. The number of nitrogens with zero attached hydrogens (tertiary/aromatic N) is 3. The largest absolute Gasteiger partial charge is 0.375 e. The van der Waals surface area contributed by atoms with Crippen molar-refractivity contribution in [3.8, 4) is 0 Å². The third-order valence-electron chi connectivity index (χ3n) is 2.56. The van der Waals surface area contributed by atoms with Gasteiger partial charge < -0.3 is 4.74 Å². The van der Waals surface area contributed by atoms with E-state index in [1.165, 1.54) is 12.8 Å². The Hall–Kier alpha value is -0.610. The van der Waals surface area contributed by atoms with Crippen LogP contribution in [0.4, 0.5) is 0 Å². The summed E-state index contributed by atoms with van der Waals surface area (Å²) in [5.41, 5.74) is 1.87. The lowest BCUT2D eigenvalue weighted by Gasteiger charge is -2.12. The van der Waals surface area contributed by atoms with Crippen molar-refractivity contribution in [2.75, 3.05) is 7.11 Å². The van der Waals surface area contributed by atoms with Crippen LogP contribution in [0.5, 0.6) is 0 Å². The Morgan fingerprint density at radius 1 is 1.64 bits per heavy atom. The number of hydrogen-bond acceptors (Lipinski definition) is 3. The van der Waals surface area contributed by atoms with E-state index in [1.54, 1.807) is 7.11 Å². The van der Waals surface area contributed by atoms with E-state index in [2.05, 4.69) is 10.3 Å². The Kier molecular flexibility index (Phi) is 2.74. The van der Waals surface area contributed by atoms with E-state index in [9.17, 15) is 0 Å². The molecule has 0 amide bonds. The van der Waals surface area contributed by atoms with Gasteiger partial charge in [0.1, 0.15) is 5.69 Å². The lowest BCUT2D eigenvalue weighted by molar-refractivity contribution is 0.110. The maximum atomic E-state index is 5.80. The molecule has 4 nitrogen and oxygen atoms in total. The SMILES string of the molecule is COC(C)c1c(CCl)nnn1C1CC1. The molecule has 1 aromatic heterocycles. The van der Waals surface area contributed by atoms with Crippen LogP contribution < -0.4 is 0 Å². The first-order chi connectivity index (χ1) is 6.77. The van der Waals surface area contributed by atoms with Gasteiger partial charge in [-0.3, -0.25) is 0 Å². The Labute approximate surface area is 88.2 Å². The first-order valence-corrected chi connectivity index (χ1v) is 5.34. The summed E-state index contributed by atoms with van der Waals surface area (Å²) in [6.45, 7) is 1.99. The molecule has 1 atom stereocenters. The first-order valence-electron chi connectivity index (χ1n) is 4.80. The molecular weight excluding hydrogens is 202 g/mol. The number of ether oxygens (including phenoxy) is 1. The fourth-order valence-electron chi connectivity index (χ4n) is 1.55. The smallest absolute Gasteiger partial charge is 0.103 e. The van der Waals surface area contributed by atoms with Crippen LogP contribution in [0, 0.1) is 0 Å². The quantitative estimate of drug-likeness (QED) is 0.722. The standard InChI is InChI=1S/C9H14ClN3O/c1-6(14-2)9-8(5-10)11-12-13(9)7-3-4-7/h6-7H,3-5H2,1-2H3. The maximum absolute atomic E-state index is 5.80. The predicted octanol–water partition coefficient (Wildman–Crippen LogP) is 2.06. The van der Waals surface area contributed by atoms with Gasteiger partial charge in [0.2, 0.25) is 0 Å². The van der Waals surface area contributed by atoms with Crippen molar-refractivity contribution in [2.24, 2.45) is 0 Å². The Balaban J connectivity index is 2.34. The summed E-state index contributed by atoms with van der Waals surface area (Å²) in [5, 5.41) is 8.19. The molecule has 0 spiro atoms. The second-order valence-corrected chi connectivity index (χ2v) is 3.88. The van der Waals surface area contributed by atoms with Crippen molar-refractivity contribution in [3.05, 3.63) is 11.4 Å². The molecule has 1 heterocycles. The average Bonchev–Trinajstić information content (AvgIpc) is 2.96. The lowest BCUT2D eigenvalue weighted by atomic mass is 10.2. The minimum Gasteiger partial charge on any atom is -0.375 e. The first kappa shape index (κ1) is 9.93. The molecule has 1 aliphatic carbocycles. The normalized spacial score (nSPS) is 18.5. The molecule has 0 radical (unpaired) electrons. The van der Waals surface area contributed by atoms with Gasteiger partial charge in [-0.2, -0.15) is 0 Å².